The molecule has 0 fully saturated rings. The lowest BCUT2D eigenvalue weighted by Crippen LogP contribution is -2.31. The third-order valence-corrected chi connectivity index (χ3v) is 2.96. The van der Waals surface area contributed by atoms with Gasteiger partial charge in [-0.2, -0.15) is 0 Å². The summed E-state index contributed by atoms with van der Waals surface area (Å²) >= 11 is 0. The number of hydrogen-bond acceptors (Lipinski definition) is 2. The molecule has 1 N–H and O–H groups in total. The minimum Gasteiger partial charge on any atom is -0.389 e. The summed E-state index contributed by atoms with van der Waals surface area (Å²) in [7, 11) is 1.78. The second-order valence-corrected chi connectivity index (χ2v) is 3.97. The Morgan fingerprint density at radius 2 is 2.13 bits per heavy atom. The molecule has 2 rings (SSSR count). The highest BCUT2D eigenvalue weighted by atomic mass is 16.3. The zero-order valence-electron chi connectivity index (χ0n) is 9.03. The second kappa shape index (κ2) is 3.66. The minimum atomic E-state index is -0.471. The van der Waals surface area contributed by atoms with E-state index in [2.05, 4.69) is 0 Å². The molecule has 0 aromatic heterocycles. The Labute approximate surface area is 89.3 Å². The molecule has 1 amide bonds. The van der Waals surface area contributed by atoms with Crippen molar-refractivity contribution in [2.24, 2.45) is 0 Å². The Hall–Kier alpha value is -1.35. The van der Waals surface area contributed by atoms with Gasteiger partial charge >= 0.3 is 0 Å². The van der Waals surface area contributed by atoms with Crippen LogP contribution in [0.3, 0.4) is 0 Å². The number of nitrogens with zero attached hydrogens (tertiary/aromatic N) is 1. The van der Waals surface area contributed by atoms with E-state index >= 15 is 0 Å². The first-order valence-corrected chi connectivity index (χ1v) is 5.17. The smallest absolute Gasteiger partial charge is 0.227 e. The number of anilines is 1. The van der Waals surface area contributed by atoms with Crippen LogP contribution in [0.25, 0.3) is 0 Å². The summed E-state index contributed by atoms with van der Waals surface area (Å²) < 4.78 is 0. The van der Waals surface area contributed by atoms with Crippen LogP contribution in [0.15, 0.2) is 18.2 Å². The molecule has 1 heterocycles. The lowest BCUT2D eigenvalue weighted by molar-refractivity contribution is -0.118. The number of carbonyl (C=O) groups excluding carboxylic acids is 1. The Balaban J connectivity index is 2.53. The molecule has 1 aliphatic rings. The van der Waals surface area contributed by atoms with Gasteiger partial charge in [0.15, 0.2) is 0 Å². The predicted molar refractivity (Wildman–Crippen MR) is 58.8 cm³/mol. The van der Waals surface area contributed by atoms with E-state index in [9.17, 15) is 9.90 Å². The van der Waals surface area contributed by atoms with Gasteiger partial charge in [0, 0.05) is 19.2 Å². The maximum Gasteiger partial charge on any atom is 0.227 e. The summed E-state index contributed by atoms with van der Waals surface area (Å²) in [5.74, 6) is 0.144. The van der Waals surface area contributed by atoms with Gasteiger partial charge in [-0.15, -0.1) is 0 Å². The number of aliphatic hydroxyl groups is 1. The van der Waals surface area contributed by atoms with E-state index in [-0.39, 0.29) is 5.91 Å². The van der Waals surface area contributed by atoms with Crippen LogP contribution in [0.1, 0.15) is 30.6 Å². The largest absolute Gasteiger partial charge is 0.389 e. The summed E-state index contributed by atoms with van der Waals surface area (Å²) in [6.45, 7) is 1.76. The van der Waals surface area contributed by atoms with E-state index in [1.54, 1.807) is 18.9 Å². The minimum absolute atomic E-state index is 0.144. The summed E-state index contributed by atoms with van der Waals surface area (Å²) in [5.41, 5.74) is 2.98. The summed E-state index contributed by atoms with van der Waals surface area (Å²) in [6.07, 6.45) is 0.800. The van der Waals surface area contributed by atoms with E-state index in [0.29, 0.717) is 6.42 Å². The molecule has 0 aliphatic carbocycles. The maximum absolute atomic E-state index is 11.5. The van der Waals surface area contributed by atoms with Crippen molar-refractivity contribution in [3.8, 4) is 0 Å². The van der Waals surface area contributed by atoms with E-state index < -0.39 is 6.10 Å². The van der Waals surface area contributed by atoms with Crippen LogP contribution in [0, 0.1) is 0 Å². The fraction of sp³-hybridized carbons (Fsp3) is 0.417. The van der Waals surface area contributed by atoms with Crippen molar-refractivity contribution in [2.75, 3.05) is 11.9 Å². The zero-order valence-corrected chi connectivity index (χ0v) is 9.03. The number of fused-ring (bicyclic) bond motifs is 1. The fourth-order valence-corrected chi connectivity index (χ4v) is 2.10. The van der Waals surface area contributed by atoms with Crippen LogP contribution in [-0.4, -0.2) is 18.1 Å². The lowest BCUT2D eigenvalue weighted by Gasteiger charge is -2.28. The third-order valence-electron chi connectivity index (χ3n) is 2.96. The van der Waals surface area contributed by atoms with Gasteiger partial charge in [0.2, 0.25) is 5.91 Å². The van der Waals surface area contributed by atoms with Gasteiger partial charge in [-0.05, 0) is 30.5 Å². The van der Waals surface area contributed by atoms with Gasteiger partial charge in [0.1, 0.15) is 0 Å². The third kappa shape index (κ3) is 1.63. The molecule has 15 heavy (non-hydrogen) atoms. The Morgan fingerprint density at radius 1 is 1.40 bits per heavy atom. The van der Waals surface area contributed by atoms with Gasteiger partial charge in [-0.3, -0.25) is 4.79 Å². The quantitative estimate of drug-likeness (QED) is 0.757. The average molecular weight is 205 g/mol. The van der Waals surface area contributed by atoms with Gasteiger partial charge in [-0.1, -0.05) is 12.1 Å². The van der Waals surface area contributed by atoms with E-state index in [4.69, 9.17) is 0 Å². The van der Waals surface area contributed by atoms with Crippen LogP contribution >= 0.6 is 0 Å². The SMILES string of the molecule is CC(O)c1cccc2c1CCC(=O)N2C. The topological polar surface area (TPSA) is 40.5 Å². The van der Waals surface area contributed by atoms with Crippen molar-refractivity contribution in [3.63, 3.8) is 0 Å². The van der Waals surface area contributed by atoms with Crippen molar-refractivity contribution in [1.82, 2.24) is 0 Å². The normalized spacial score (nSPS) is 17.5. The maximum atomic E-state index is 11.5. The molecule has 1 aromatic rings. The highest BCUT2D eigenvalue weighted by molar-refractivity contribution is 5.96. The van der Waals surface area contributed by atoms with Crippen LogP contribution in [-0.2, 0) is 11.2 Å². The molecule has 0 saturated carbocycles. The Kier molecular flexibility index (Phi) is 2.49. The van der Waals surface area contributed by atoms with E-state index in [1.165, 1.54) is 0 Å². The Bertz CT molecular complexity index is 399. The molecule has 0 radical (unpaired) electrons. The molecular formula is C12H15NO2. The van der Waals surface area contributed by atoms with Crippen molar-refractivity contribution in [1.29, 1.82) is 0 Å². The second-order valence-electron chi connectivity index (χ2n) is 3.97. The Morgan fingerprint density at radius 3 is 2.80 bits per heavy atom. The molecule has 1 aromatic carbocycles. The number of hydrogen-bond donors (Lipinski definition) is 1. The van der Waals surface area contributed by atoms with Crippen molar-refractivity contribution >= 4 is 11.6 Å². The average Bonchev–Trinajstić information content (AvgIpc) is 2.23. The van der Waals surface area contributed by atoms with Gasteiger partial charge in [0.05, 0.1) is 6.10 Å². The van der Waals surface area contributed by atoms with Crippen LogP contribution in [0.2, 0.25) is 0 Å². The highest BCUT2D eigenvalue weighted by Gasteiger charge is 2.23. The number of amides is 1. The molecule has 1 unspecified atom stereocenters. The van der Waals surface area contributed by atoms with Crippen molar-refractivity contribution < 1.29 is 9.90 Å². The number of benzene rings is 1. The summed E-state index contributed by atoms with van der Waals surface area (Å²) in [5, 5.41) is 9.63. The van der Waals surface area contributed by atoms with Crippen molar-refractivity contribution in [3.05, 3.63) is 29.3 Å². The van der Waals surface area contributed by atoms with Gasteiger partial charge < -0.3 is 10.0 Å². The van der Waals surface area contributed by atoms with E-state index in [0.717, 1.165) is 23.2 Å². The molecule has 1 atom stereocenters. The predicted octanol–water partition coefficient (Wildman–Crippen LogP) is 1.65. The van der Waals surface area contributed by atoms with Crippen LogP contribution in [0.4, 0.5) is 5.69 Å². The molecule has 0 saturated heterocycles. The summed E-state index contributed by atoms with van der Waals surface area (Å²) in [4.78, 5) is 13.2. The molecule has 1 aliphatic heterocycles. The number of aliphatic hydroxyl groups excluding tert-OH is 1. The van der Waals surface area contributed by atoms with Crippen molar-refractivity contribution in [2.45, 2.75) is 25.9 Å². The zero-order chi connectivity index (χ0) is 11.0. The molecule has 3 nitrogen and oxygen atoms in total. The van der Waals surface area contributed by atoms with Gasteiger partial charge in [-0.25, -0.2) is 0 Å². The first kappa shape index (κ1) is 10.2. The molecule has 80 valence electrons. The lowest BCUT2D eigenvalue weighted by atomic mass is 9.94. The monoisotopic (exact) mass is 205 g/mol. The summed E-state index contributed by atoms with van der Waals surface area (Å²) in [6, 6.07) is 5.74. The molecule has 0 bridgehead atoms. The molecule has 3 heteroatoms. The fourth-order valence-electron chi connectivity index (χ4n) is 2.10. The van der Waals surface area contributed by atoms with E-state index in [1.807, 2.05) is 18.2 Å². The van der Waals surface area contributed by atoms with Crippen LogP contribution in [0.5, 0.6) is 0 Å². The molecule has 0 spiro atoms. The van der Waals surface area contributed by atoms with Crippen LogP contribution < -0.4 is 4.90 Å². The first-order chi connectivity index (χ1) is 7.11. The highest BCUT2D eigenvalue weighted by Crippen LogP contribution is 2.32. The van der Waals surface area contributed by atoms with Gasteiger partial charge in [0.25, 0.3) is 0 Å². The first-order valence-electron chi connectivity index (χ1n) is 5.17. The number of rotatable bonds is 1. The standard InChI is InChI=1S/C12H15NO2/c1-8(14)9-4-3-5-11-10(9)6-7-12(15)13(11)2/h3-5,8,14H,6-7H2,1-2H3. The molecular weight excluding hydrogens is 190 g/mol. The number of carbonyl (C=O) groups is 1.